The Morgan fingerprint density at radius 3 is 1.18 bits per heavy atom. The van der Waals surface area contributed by atoms with Crippen LogP contribution in [0.15, 0.2) is 113 Å². The average Bonchev–Trinajstić information content (AvgIpc) is 1.61. The van der Waals surface area contributed by atoms with E-state index in [9.17, 15) is 38.4 Å². The quantitative estimate of drug-likeness (QED) is 0.0786. The SMILES string of the molecule is CC(C)(C)OC(=O)N1CCC2(CC1)CC2CNC(=O)N1Cc2ccncc2C1.CC(C)(C)OC(=O)N1CCC2(CC1)CC2CNC(=O)N1Cc2ccncc2C1.O=C(NCC1CC12CCN(C(=O)CN1CCOCC1)CC2)c1cc2ccncc2o1.O=C(NCC1CC12CCN(C(=O)Cc1cnccn1)CC2)c1cc2ccncc2o1. The van der Waals surface area contributed by atoms with Gasteiger partial charge in [-0.25, -0.2) is 19.2 Å². The highest BCUT2D eigenvalue weighted by molar-refractivity contribution is 5.96. The molecular weight excluding hydrogens is 1480 g/mol. The zero-order chi connectivity index (χ0) is 81.0. The highest BCUT2D eigenvalue weighted by Gasteiger charge is 2.58. The third kappa shape index (κ3) is 19.7. The predicted octanol–water partition coefficient (Wildman–Crippen LogP) is 10.0. The van der Waals surface area contributed by atoms with Gasteiger partial charge in [0, 0.05) is 184 Å². The maximum atomic E-state index is 12.6. The van der Waals surface area contributed by atoms with Crippen molar-refractivity contribution in [3.63, 3.8) is 0 Å². The van der Waals surface area contributed by atoms with E-state index < -0.39 is 11.2 Å². The van der Waals surface area contributed by atoms with Crippen LogP contribution in [-0.4, -0.2) is 235 Å². The zero-order valence-electron chi connectivity index (χ0n) is 67.8. The molecule has 618 valence electrons. The largest absolute Gasteiger partial charge is 0.449 e. The monoisotopic (exact) mass is 1590 g/mol. The van der Waals surface area contributed by atoms with Gasteiger partial charge in [-0.3, -0.25) is 54.0 Å². The van der Waals surface area contributed by atoms with E-state index in [-0.39, 0.29) is 53.3 Å². The maximum Gasteiger partial charge on any atom is 0.410 e. The smallest absolute Gasteiger partial charge is 0.410 e. The first-order valence-corrected chi connectivity index (χ1v) is 41.5. The van der Waals surface area contributed by atoms with Crippen molar-refractivity contribution in [3.8, 4) is 0 Å². The van der Waals surface area contributed by atoms with Crippen molar-refractivity contribution in [2.75, 3.05) is 111 Å². The number of furan rings is 2. The Balaban J connectivity index is 0.000000121. The van der Waals surface area contributed by atoms with E-state index in [4.69, 9.17) is 23.0 Å². The fourth-order valence-corrected chi connectivity index (χ4v) is 18.4. The summed E-state index contributed by atoms with van der Waals surface area (Å²) in [6.45, 7) is 26.5. The van der Waals surface area contributed by atoms with Crippen LogP contribution in [0.4, 0.5) is 19.2 Å². The number of urea groups is 2. The normalized spacial score (nSPS) is 22.2. The lowest BCUT2D eigenvalue weighted by Gasteiger charge is -2.35. The number of nitrogens with one attached hydrogen (secondary N) is 4. The van der Waals surface area contributed by atoms with Crippen molar-refractivity contribution in [1.29, 1.82) is 0 Å². The van der Waals surface area contributed by atoms with Gasteiger partial charge in [0.25, 0.3) is 11.8 Å². The number of carbonyl (C=O) groups excluding carboxylic acids is 8. The summed E-state index contributed by atoms with van der Waals surface area (Å²) in [7, 11) is 0. The lowest BCUT2D eigenvalue weighted by atomic mass is 9.90. The third-order valence-electron chi connectivity index (χ3n) is 26.0. The molecule has 4 N–H and O–H groups in total. The molecule has 14 heterocycles. The fourth-order valence-electron chi connectivity index (χ4n) is 18.4. The highest BCUT2D eigenvalue weighted by atomic mass is 16.6. The molecule has 7 aliphatic heterocycles. The maximum absolute atomic E-state index is 12.6. The number of likely N-dealkylation sites (tertiary alicyclic amines) is 4. The molecule has 4 saturated carbocycles. The molecule has 10 amide bonds. The van der Waals surface area contributed by atoms with Gasteiger partial charge in [-0.05, 0) is 223 Å². The molecule has 4 atom stereocenters. The number of hydrogen-bond donors (Lipinski definition) is 4. The number of hydrogen-bond acceptors (Lipinski definition) is 20. The molecule has 4 unspecified atom stereocenters. The number of amides is 10. The van der Waals surface area contributed by atoms with Crippen LogP contribution in [0.2, 0.25) is 0 Å². The van der Waals surface area contributed by atoms with E-state index in [1.807, 2.05) is 108 Å². The summed E-state index contributed by atoms with van der Waals surface area (Å²) in [6, 6.07) is 11.1. The number of morpholine rings is 1. The number of nitrogens with zero attached hydrogens (tertiary/aromatic N) is 13. The molecule has 30 heteroatoms. The van der Waals surface area contributed by atoms with Crippen LogP contribution in [0.25, 0.3) is 21.9 Å². The molecule has 4 aliphatic carbocycles. The van der Waals surface area contributed by atoms with Crippen LogP contribution in [-0.2, 0) is 56.4 Å². The number of carbonyl (C=O) groups is 8. The van der Waals surface area contributed by atoms with Crippen molar-refractivity contribution < 1.29 is 61.4 Å². The predicted molar refractivity (Wildman–Crippen MR) is 427 cm³/mol. The minimum absolute atomic E-state index is 0.00411. The molecule has 0 radical (unpaired) electrons. The number of fused-ring (bicyclic) bond motifs is 4. The number of piperidine rings is 4. The van der Waals surface area contributed by atoms with E-state index in [1.54, 1.807) is 67.9 Å². The van der Waals surface area contributed by atoms with E-state index in [0.717, 1.165) is 177 Å². The molecule has 30 nitrogen and oxygen atoms in total. The second-order valence-corrected chi connectivity index (χ2v) is 35.9. The first-order valence-electron chi connectivity index (χ1n) is 41.5. The summed E-state index contributed by atoms with van der Waals surface area (Å²) in [5.41, 5.74) is 6.81. The molecular formula is C86H111N17O13. The van der Waals surface area contributed by atoms with Gasteiger partial charge in [0.15, 0.2) is 22.7 Å². The lowest BCUT2D eigenvalue weighted by molar-refractivity contribution is -0.135. The van der Waals surface area contributed by atoms with Crippen LogP contribution in [0.5, 0.6) is 0 Å². The zero-order valence-corrected chi connectivity index (χ0v) is 67.8. The van der Waals surface area contributed by atoms with Gasteiger partial charge < -0.3 is 73.7 Å². The Morgan fingerprint density at radius 2 is 0.793 bits per heavy atom. The topological polar surface area (TPSA) is 339 Å². The van der Waals surface area contributed by atoms with Crippen molar-refractivity contribution >= 4 is 69.8 Å². The Morgan fingerprint density at radius 1 is 0.422 bits per heavy atom. The van der Waals surface area contributed by atoms with Crippen molar-refractivity contribution in [2.45, 2.75) is 162 Å². The van der Waals surface area contributed by atoms with E-state index >= 15 is 0 Å². The highest BCUT2D eigenvalue weighted by Crippen LogP contribution is 2.62. The standard InChI is InChI=1S/C22H23N5O3.C22H28N4O4.2C21H30N4O3/c28-20(10-17-13-24-5-6-25-17)27-7-2-22(3-8-27)11-16(22)12-26-21(29)18-9-15-1-4-23-14-19(15)30-18;27-20(15-25-7-9-29-10-8-25)26-5-2-22(3-6-26)12-17(22)13-24-21(28)18-11-16-1-4-23-14-19(16)30-18;2*1-20(2,3)28-19(27)24-8-5-21(6-9-24)10-17(21)12-23-18(26)25-13-15-4-7-22-11-16(15)14-25/h1,4-6,9,13-14,16H,2-3,7-8,10-12H2,(H,26,29);1,4,11,14,17H,2-3,5-10,12-13,15H2,(H,24,28);2*4,7,11,17H,5-6,8-10,12-14H2,1-3H3,(H,23,26). The molecule has 4 spiro atoms. The van der Waals surface area contributed by atoms with Crippen LogP contribution in [0, 0.1) is 45.3 Å². The summed E-state index contributed by atoms with van der Waals surface area (Å²) in [5, 5.41) is 14.0. The van der Waals surface area contributed by atoms with Crippen molar-refractivity contribution in [2.24, 2.45) is 45.3 Å². The van der Waals surface area contributed by atoms with Gasteiger partial charge in [-0.1, -0.05) is 0 Å². The molecule has 0 aromatic carbocycles. The number of ether oxygens (including phenoxy) is 3. The number of pyridine rings is 4. The first-order chi connectivity index (χ1) is 55.8. The van der Waals surface area contributed by atoms with Gasteiger partial charge in [0.05, 0.1) is 44.3 Å². The Bertz CT molecular complexity index is 4450. The molecule has 5 saturated heterocycles. The Kier molecular flexibility index (Phi) is 23.7. The van der Waals surface area contributed by atoms with Crippen molar-refractivity contribution in [3.05, 3.63) is 144 Å². The van der Waals surface area contributed by atoms with Crippen LogP contribution in [0.3, 0.4) is 0 Å². The lowest BCUT2D eigenvalue weighted by Crippen LogP contribution is -2.47. The molecule has 0 bridgehead atoms. The number of aromatic nitrogens is 6. The Labute approximate surface area is 676 Å². The van der Waals surface area contributed by atoms with E-state index in [0.29, 0.717) is 134 Å². The summed E-state index contributed by atoms with van der Waals surface area (Å²) in [5.74, 6) is 2.61. The van der Waals surface area contributed by atoms with E-state index in [2.05, 4.69) is 56.1 Å². The minimum Gasteiger partial charge on any atom is -0.449 e. The van der Waals surface area contributed by atoms with Gasteiger partial charge in [0.1, 0.15) is 11.2 Å². The Hall–Kier alpha value is -10.4. The van der Waals surface area contributed by atoms with Crippen LogP contribution in [0.1, 0.15) is 168 Å². The summed E-state index contributed by atoms with van der Waals surface area (Å²) >= 11 is 0. The molecule has 11 aliphatic rings. The minimum atomic E-state index is -0.454. The van der Waals surface area contributed by atoms with Crippen LogP contribution < -0.4 is 21.3 Å². The molecule has 18 rings (SSSR count). The second kappa shape index (κ2) is 34.1. The third-order valence-corrected chi connectivity index (χ3v) is 26.0. The molecule has 116 heavy (non-hydrogen) atoms. The van der Waals surface area contributed by atoms with Gasteiger partial charge in [-0.2, -0.15) is 0 Å². The van der Waals surface area contributed by atoms with Crippen molar-refractivity contribution in [1.82, 2.24) is 85.5 Å². The summed E-state index contributed by atoms with van der Waals surface area (Å²) < 4.78 is 27.5. The van der Waals surface area contributed by atoms with Gasteiger partial charge in [0.2, 0.25) is 11.8 Å². The molecule has 7 aromatic rings. The fraction of sp³-hybridized carbons (Fsp3) is 0.581. The molecule has 9 fully saturated rings. The first kappa shape index (κ1) is 80.8. The number of rotatable bonds is 14. The molecule has 7 aromatic heterocycles. The van der Waals surface area contributed by atoms with Gasteiger partial charge in [-0.15, -0.1) is 0 Å². The summed E-state index contributed by atoms with van der Waals surface area (Å²) in [6.07, 6.45) is 31.1. The van der Waals surface area contributed by atoms with Crippen LogP contribution >= 0.6 is 0 Å². The average molecular weight is 1590 g/mol. The van der Waals surface area contributed by atoms with E-state index in [1.165, 1.54) is 11.1 Å². The summed E-state index contributed by atoms with van der Waals surface area (Å²) in [4.78, 5) is 137. The van der Waals surface area contributed by atoms with Gasteiger partial charge >= 0.3 is 24.2 Å². The second-order valence-electron chi connectivity index (χ2n) is 35.9.